The van der Waals surface area contributed by atoms with Crippen molar-refractivity contribution in [1.29, 1.82) is 0 Å². The van der Waals surface area contributed by atoms with Crippen LogP contribution in [0.1, 0.15) is 18.4 Å². The molecule has 0 amide bonds. The van der Waals surface area contributed by atoms with E-state index in [2.05, 4.69) is 24.7 Å². The summed E-state index contributed by atoms with van der Waals surface area (Å²) in [5.41, 5.74) is 0.619. The van der Waals surface area contributed by atoms with Crippen molar-refractivity contribution in [2.24, 2.45) is 0 Å². The standard InChI is InChI=1S/C18H18F3N5O2/c19-18(20,21)28-15-5-1-3-13(9-15)10-27-11-14-4-2-8-25(14)16-6-7-22-17-23-12-24-26(16)17/h1,3,5-7,9,12,14H,2,4,8,10-11H2. The largest absolute Gasteiger partial charge is 0.573 e. The fourth-order valence-corrected chi connectivity index (χ4v) is 3.40. The van der Waals surface area contributed by atoms with Crippen LogP contribution in [0.5, 0.6) is 5.75 Å². The van der Waals surface area contributed by atoms with Crippen LogP contribution in [0.4, 0.5) is 19.0 Å². The van der Waals surface area contributed by atoms with Gasteiger partial charge in [0, 0.05) is 12.7 Å². The summed E-state index contributed by atoms with van der Waals surface area (Å²) in [6.45, 7) is 1.51. The van der Waals surface area contributed by atoms with Gasteiger partial charge in [-0.05, 0) is 36.6 Å². The molecule has 1 aliphatic heterocycles. The third-order valence-electron chi connectivity index (χ3n) is 4.54. The zero-order valence-corrected chi connectivity index (χ0v) is 14.8. The molecule has 1 unspecified atom stereocenters. The fraction of sp³-hybridized carbons (Fsp3) is 0.389. The maximum atomic E-state index is 12.3. The molecule has 0 N–H and O–H groups in total. The van der Waals surface area contributed by atoms with E-state index < -0.39 is 6.36 Å². The van der Waals surface area contributed by atoms with Crippen LogP contribution in [-0.2, 0) is 11.3 Å². The molecule has 28 heavy (non-hydrogen) atoms. The number of nitrogens with zero attached hydrogens (tertiary/aromatic N) is 5. The van der Waals surface area contributed by atoms with Crippen LogP contribution in [-0.4, -0.2) is 45.1 Å². The number of aromatic nitrogens is 4. The Labute approximate surface area is 158 Å². The van der Waals surface area contributed by atoms with E-state index in [0.29, 0.717) is 17.9 Å². The third-order valence-corrected chi connectivity index (χ3v) is 4.54. The van der Waals surface area contributed by atoms with Gasteiger partial charge in [-0.1, -0.05) is 12.1 Å². The van der Waals surface area contributed by atoms with Gasteiger partial charge >= 0.3 is 6.36 Å². The smallest absolute Gasteiger partial charge is 0.406 e. The third kappa shape index (κ3) is 4.16. The average Bonchev–Trinajstić information content (AvgIpc) is 3.29. The van der Waals surface area contributed by atoms with Crippen molar-refractivity contribution in [3.05, 3.63) is 48.4 Å². The van der Waals surface area contributed by atoms with Gasteiger partial charge in [-0.3, -0.25) is 0 Å². The Balaban J connectivity index is 1.38. The first-order valence-electron chi connectivity index (χ1n) is 8.83. The lowest BCUT2D eigenvalue weighted by molar-refractivity contribution is -0.274. The molecule has 148 valence electrons. The maximum absolute atomic E-state index is 12.3. The first-order chi connectivity index (χ1) is 13.5. The molecule has 1 aliphatic rings. The average molecular weight is 393 g/mol. The second-order valence-corrected chi connectivity index (χ2v) is 6.47. The van der Waals surface area contributed by atoms with Gasteiger partial charge in [0.2, 0.25) is 0 Å². The number of rotatable bonds is 6. The predicted molar refractivity (Wildman–Crippen MR) is 93.9 cm³/mol. The lowest BCUT2D eigenvalue weighted by atomic mass is 10.2. The SMILES string of the molecule is FC(F)(F)Oc1cccc(COCC2CCCN2c2ccnc3ncnn23)c1. The van der Waals surface area contributed by atoms with Crippen molar-refractivity contribution in [2.75, 3.05) is 18.1 Å². The molecule has 0 spiro atoms. The molecule has 0 aliphatic carbocycles. The van der Waals surface area contributed by atoms with Crippen molar-refractivity contribution < 1.29 is 22.6 Å². The van der Waals surface area contributed by atoms with Crippen LogP contribution in [0.25, 0.3) is 5.78 Å². The van der Waals surface area contributed by atoms with Gasteiger partial charge in [-0.2, -0.15) is 14.6 Å². The van der Waals surface area contributed by atoms with E-state index in [4.69, 9.17) is 4.74 Å². The molecule has 3 heterocycles. The van der Waals surface area contributed by atoms with Gasteiger partial charge in [-0.25, -0.2) is 4.98 Å². The number of hydrogen-bond donors (Lipinski definition) is 0. The summed E-state index contributed by atoms with van der Waals surface area (Å²) in [4.78, 5) is 10.5. The highest BCUT2D eigenvalue weighted by Gasteiger charge is 2.31. The summed E-state index contributed by atoms with van der Waals surface area (Å²) in [6.07, 6.45) is 0.420. The number of fused-ring (bicyclic) bond motifs is 1. The monoisotopic (exact) mass is 393 g/mol. The Morgan fingerprint density at radius 3 is 2.93 bits per heavy atom. The van der Waals surface area contributed by atoms with Gasteiger partial charge < -0.3 is 14.4 Å². The Morgan fingerprint density at radius 1 is 1.18 bits per heavy atom. The van der Waals surface area contributed by atoms with E-state index in [9.17, 15) is 13.2 Å². The minimum absolute atomic E-state index is 0.143. The number of halogens is 3. The number of benzene rings is 1. The molecule has 4 rings (SSSR count). The zero-order valence-electron chi connectivity index (χ0n) is 14.8. The Kier molecular flexibility index (Phi) is 5.03. The highest BCUT2D eigenvalue weighted by molar-refractivity contribution is 5.46. The minimum Gasteiger partial charge on any atom is -0.406 e. The lowest BCUT2D eigenvalue weighted by Gasteiger charge is -2.26. The first-order valence-corrected chi connectivity index (χ1v) is 8.83. The highest BCUT2D eigenvalue weighted by atomic mass is 19.4. The van der Waals surface area contributed by atoms with Crippen LogP contribution >= 0.6 is 0 Å². The van der Waals surface area contributed by atoms with Crippen molar-refractivity contribution in [3.8, 4) is 5.75 Å². The molecule has 0 saturated carbocycles. The minimum atomic E-state index is -4.71. The number of ether oxygens (including phenoxy) is 2. The molecule has 1 atom stereocenters. The van der Waals surface area contributed by atoms with Gasteiger partial charge in [0.15, 0.2) is 0 Å². The second-order valence-electron chi connectivity index (χ2n) is 6.47. The lowest BCUT2D eigenvalue weighted by Crippen LogP contribution is -2.34. The summed E-state index contributed by atoms with van der Waals surface area (Å²) in [5.74, 6) is 1.18. The molecule has 1 fully saturated rings. The van der Waals surface area contributed by atoms with E-state index in [1.807, 2.05) is 6.07 Å². The summed E-state index contributed by atoms with van der Waals surface area (Å²) in [6, 6.07) is 7.85. The van der Waals surface area contributed by atoms with Gasteiger partial charge in [0.05, 0.1) is 19.3 Å². The number of anilines is 1. The molecule has 0 radical (unpaired) electrons. The van der Waals surface area contributed by atoms with E-state index in [0.717, 1.165) is 25.2 Å². The topological polar surface area (TPSA) is 64.8 Å². The van der Waals surface area contributed by atoms with Crippen LogP contribution in [0.15, 0.2) is 42.9 Å². The summed E-state index contributed by atoms with van der Waals surface area (Å²) in [7, 11) is 0. The summed E-state index contributed by atoms with van der Waals surface area (Å²) >= 11 is 0. The second kappa shape index (κ2) is 7.63. The first kappa shape index (κ1) is 18.5. The van der Waals surface area contributed by atoms with Gasteiger partial charge in [0.25, 0.3) is 5.78 Å². The Bertz CT molecular complexity index is 946. The van der Waals surface area contributed by atoms with E-state index in [1.54, 1.807) is 16.8 Å². The van der Waals surface area contributed by atoms with E-state index >= 15 is 0 Å². The quantitative estimate of drug-likeness (QED) is 0.641. The van der Waals surface area contributed by atoms with Crippen LogP contribution < -0.4 is 9.64 Å². The molecule has 3 aromatic rings. The Hall–Kier alpha value is -2.88. The van der Waals surface area contributed by atoms with Crippen molar-refractivity contribution >= 4 is 11.6 Å². The molecular weight excluding hydrogens is 375 g/mol. The predicted octanol–water partition coefficient (Wildman–Crippen LogP) is 3.21. The maximum Gasteiger partial charge on any atom is 0.573 e. The molecule has 1 aromatic carbocycles. The molecule has 10 heteroatoms. The van der Waals surface area contributed by atoms with E-state index in [-0.39, 0.29) is 18.4 Å². The van der Waals surface area contributed by atoms with Crippen LogP contribution in [0.2, 0.25) is 0 Å². The molecular formula is C18H18F3N5O2. The summed E-state index contributed by atoms with van der Waals surface area (Å²) in [5, 5.41) is 4.22. The Morgan fingerprint density at radius 2 is 2.07 bits per heavy atom. The van der Waals surface area contributed by atoms with Crippen molar-refractivity contribution in [3.63, 3.8) is 0 Å². The number of hydrogen-bond acceptors (Lipinski definition) is 6. The van der Waals surface area contributed by atoms with E-state index in [1.165, 1.54) is 24.5 Å². The molecule has 1 saturated heterocycles. The zero-order chi connectivity index (χ0) is 19.6. The van der Waals surface area contributed by atoms with Crippen LogP contribution in [0.3, 0.4) is 0 Å². The molecule has 0 bridgehead atoms. The van der Waals surface area contributed by atoms with Crippen molar-refractivity contribution in [2.45, 2.75) is 31.9 Å². The molecule has 7 nitrogen and oxygen atoms in total. The highest BCUT2D eigenvalue weighted by Crippen LogP contribution is 2.26. The normalized spacial score (nSPS) is 17.4. The molecule has 2 aromatic heterocycles. The fourth-order valence-electron chi connectivity index (χ4n) is 3.40. The van der Waals surface area contributed by atoms with Gasteiger partial charge in [0.1, 0.15) is 17.9 Å². The van der Waals surface area contributed by atoms with Crippen LogP contribution in [0, 0.1) is 0 Å². The van der Waals surface area contributed by atoms with Gasteiger partial charge in [-0.15, -0.1) is 13.2 Å². The number of alkyl halides is 3. The van der Waals surface area contributed by atoms with Crippen molar-refractivity contribution in [1.82, 2.24) is 19.6 Å². The summed E-state index contributed by atoms with van der Waals surface area (Å²) < 4.78 is 48.5.